The fraction of sp³-hybridized carbons (Fsp3) is 0.400. The minimum Gasteiger partial charge on any atom is -0.459 e. The topological polar surface area (TPSA) is 89.7 Å². The Labute approximate surface area is 158 Å². The van der Waals surface area contributed by atoms with E-state index in [1.165, 1.54) is 0 Å². The van der Waals surface area contributed by atoms with Gasteiger partial charge in [-0.25, -0.2) is 4.79 Å². The number of fused-ring (bicyclic) bond motifs is 1. The van der Waals surface area contributed by atoms with E-state index >= 15 is 0 Å². The van der Waals surface area contributed by atoms with Gasteiger partial charge in [-0.3, -0.25) is 4.79 Å². The lowest BCUT2D eigenvalue weighted by Crippen LogP contribution is -2.29. The quantitative estimate of drug-likeness (QED) is 0.793. The van der Waals surface area contributed by atoms with Crippen LogP contribution in [0.3, 0.4) is 0 Å². The van der Waals surface area contributed by atoms with E-state index in [2.05, 4.69) is 10.3 Å². The molecule has 2 heterocycles. The number of rotatable bonds is 4. The van der Waals surface area contributed by atoms with E-state index in [0.717, 1.165) is 0 Å². The Hall–Kier alpha value is -2.96. The molecule has 27 heavy (non-hydrogen) atoms. The van der Waals surface area contributed by atoms with Gasteiger partial charge in [0.05, 0.1) is 11.7 Å². The number of nitrogens with one attached hydrogen (secondary N) is 2. The number of anilines is 1. The number of hydrogen-bond donors (Lipinski definition) is 2. The average Bonchev–Trinajstić information content (AvgIpc) is 3.00. The zero-order valence-corrected chi connectivity index (χ0v) is 16.4. The van der Waals surface area contributed by atoms with Crippen LogP contribution in [0.2, 0.25) is 0 Å². The monoisotopic (exact) mass is 372 g/mol. The number of hydrogen-bond acceptors (Lipinski definition) is 5. The highest BCUT2D eigenvalue weighted by molar-refractivity contribution is 6.07. The average molecular weight is 372 g/mol. The Bertz CT molecular complexity index is 911. The first-order valence-corrected chi connectivity index (χ1v) is 8.81. The van der Waals surface area contributed by atoms with Gasteiger partial charge in [0.15, 0.2) is 11.5 Å². The molecule has 1 aliphatic heterocycles. The first-order chi connectivity index (χ1) is 12.6. The zero-order valence-electron chi connectivity index (χ0n) is 16.4. The van der Waals surface area contributed by atoms with Gasteiger partial charge >= 0.3 is 5.97 Å². The molecule has 0 fully saturated rings. The van der Waals surface area contributed by atoms with Crippen molar-refractivity contribution in [2.24, 2.45) is 0 Å². The number of benzene rings is 1. The summed E-state index contributed by atoms with van der Waals surface area (Å²) in [5.74, 6) is -0.330. The van der Waals surface area contributed by atoms with Gasteiger partial charge in [0, 0.05) is 31.3 Å². The maximum absolute atomic E-state index is 12.7. The summed E-state index contributed by atoms with van der Waals surface area (Å²) in [7, 11) is 0. The molecule has 144 valence electrons. The highest BCUT2D eigenvalue weighted by Gasteiger charge is 2.32. The summed E-state index contributed by atoms with van der Waals surface area (Å²) in [5, 5.41) is 2.82. The second kappa shape index (κ2) is 6.64. The molecule has 1 aromatic carbocycles. The van der Waals surface area contributed by atoms with Gasteiger partial charge in [0.2, 0.25) is 5.79 Å². The molecule has 0 saturated carbocycles. The van der Waals surface area contributed by atoms with Gasteiger partial charge in [0.25, 0.3) is 5.91 Å². The van der Waals surface area contributed by atoms with Crippen molar-refractivity contribution in [3.05, 3.63) is 40.7 Å². The summed E-state index contributed by atoms with van der Waals surface area (Å²) in [4.78, 5) is 28.0. The Kier molecular flexibility index (Phi) is 4.63. The molecule has 3 rings (SSSR count). The first kappa shape index (κ1) is 18.8. The molecule has 2 N–H and O–H groups in total. The van der Waals surface area contributed by atoms with Crippen LogP contribution in [0.1, 0.15) is 59.8 Å². The number of amides is 1. The van der Waals surface area contributed by atoms with E-state index in [0.29, 0.717) is 39.7 Å². The van der Waals surface area contributed by atoms with Crippen LogP contribution in [0.15, 0.2) is 18.2 Å². The molecule has 0 saturated heterocycles. The molecule has 0 bridgehead atoms. The van der Waals surface area contributed by atoms with Crippen molar-refractivity contribution in [2.75, 3.05) is 5.32 Å². The predicted octanol–water partition coefficient (Wildman–Crippen LogP) is 3.96. The second-order valence-corrected chi connectivity index (χ2v) is 7.30. The SMILES string of the molecule is Cc1[nH]c(C(=O)Nc2ccc3c(c2)OC(C)(C)O3)c(C)c1C(=O)OC(C)C. The molecular weight excluding hydrogens is 348 g/mol. The minimum atomic E-state index is -0.732. The summed E-state index contributed by atoms with van der Waals surface area (Å²) < 4.78 is 16.6. The molecule has 7 heteroatoms. The third-order valence-electron chi connectivity index (χ3n) is 4.12. The largest absolute Gasteiger partial charge is 0.459 e. The summed E-state index contributed by atoms with van der Waals surface area (Å²) in [5.41, 5.74) is 2.42. The van der Waals surface area contributed by atoms with Crippen LogP contribution in [-0.2, 0) is 4.74 Å². The van der Waals surface area contributed by atoms with E-state index in [9.17, 15) is 9.59 Å². The molecule has 1 aromatic heterocycles. The van der Waals surface area contributed by atoms with Crippen LogP contribution < -0.4 is 14.8 Å². The summed E-state index contributed by atoms with van der Waals surface area (Å²) in [6.45, 7) is 10.6. The highest BCUT2D eigenvalue weighted by Crippen LogP contribution is 2.40. The van der Waals surface area contributed by atoms with Crippen LogP contribution in [0, 0.1) is 13.8 Å². The number of aromatic nitrogens is 1. The van der Waals surface area contributed by atoms with Gasteiger partial charge in [-0.2, -0.15) is 0 Å². The number of esters is 1. The molecule has 1 amide bonds. The lowest BCUT2D eigenvalue weighted by Gasteiger charge is -2.16. The van der Waals surface area contributed by atoms with Crippen molar-refractivity contribution in [2.45, 2.75) is 53.4 Å². The molecule has 0 radical (unpaired) electrons. The van der Waals surface area contributed by atoms with Crippen molar-refractivity contribution in [1.82, 2.24) is 4.98 Å². The Morgan fingerprint density at radius 2 is 1.81 bits per heavy atom. The van der Waals surface area contributed by atoms with E-state index in [1.807, 2.05) is 13.8 Å². The van der Waals surface area contributed by atoms with Crippen LogP contribution in [0.25, 0.3) is 0 Å². The molecule has 7 nitrogen and oxygen atoms in total. The third kappa shape index (κ3) is 3.77. The van der Waals surface area contributed by atoms with Crippen molar-refractivity contribution >= 4 is 17.6 Å². The smallest absolute Gasteiger partial charge is 0.340 e. The Morgan fingerprint density at radius 1 is 1.15 bits per heavy atom. The third-order valence-corrected chi connectivity index (χ3v) is 4.12. The van der Waals surface area contributed by atoms with E-state index in [-0.39, 0.29) is 12.0 Å². The van der Waals surface area contributed by atoms with E-state index in [1.54, 1.807) is 45.9 Å². The molecule has 0 aliphatic carbocycles. The van der Waals surface area contributed by atoms with Gasteiger partial charge in [-0.05, 0) is 45.4 Å². The van der Waals surface area contributed by atoms with Crippen molar-refractivity contribution in [3.8, 4) is 11.5 Å². The molecular formula is C20H24N2O5. The molecule has 0 atom stereocenters. The lowest BCUT2D eigenvalue weighted by atomic mass is 10.1. The van der Waals surface area contributed by atoms with Gasteiger partial charge in [-0.1, -0.05) is 0 Å². The molecule has 0 unspecified atom stereocenters. The Morgan fingerprint density at radius 3 is 2.48 bits per heavy atom. The van der Waals surface area contributed by atoms with Crippen LogP contribution >= 0.6 is 0 Å². The van der Waals surface area contributed by atoms with Gasteiger partial charge in [0.1, 0.15) is 5.69 Å². The van der Waals surface area contributed by atoms with Crippen LogP contribution in [0.5, 0.6) is 11.5 Å². The van der Waals surface area contributed by atoms with Crippen LogP contribution in [-0.4, -0.2) is 28.8 Å². The van der Waals surface area contributed by atoms with Crippen molar-refractivity contribution in [3.63, 3.8) is 0 Å². The number of aromatic amines is 1. The second-order valence-electron chi connectivity index (χ2n) is 7.30. The fourth-order valence-corrected chi connectivity index (χ4v) is 3.05. The van der Waals surface area contributed by atoms with Gasteiger partial charge < -0.3 is 24.5 Å². The molecule has 1 aliphatic rings. The van der Waals surface area contributed by atoms with Crippen LogP contribution in [0.4, 0.5) is 5.69 Å². The summed E-state index contributed by atoms with van der Waals surface area (Å²) >= 11 is 0. The zero-order chi connectivity index (χ0) is 19.9. The fourth-order valence-electron chi connectivity index (χ4n) is 3.05. The number of ether oxygens (including phenoxy) is 3. The number of carbonyl (C=O) groups is 2. The van der Waals surface area contributed by atoms with Crippen molar-refractivity contribution in [1.29, 1.82) is 0 Å². The minimum absolute atomic E-state index is 0.235. The standard InChI is InChI=1S/C20H24N2O5/c1-10(2)25-19(24)16-11(3)17(21-12(16)4)18(23)22-13-7-8-14-15(9-13)27-20(5,6)26-14/h7-10,21H,1-6H3,(H,22,23). The highest BCUT2D eigenvalue weighted by atomic mass is 16.7. The van der Waals surface area contributed by atoms with E-state index in [4.69, 9.17) is 14.2 Å². The number of aryl methyl sites for hydroxylation is 1. The first-order valence-electron chi connectivity index (χ1n) is 8.81. The Balaban J connectivity index is 1.81. The summed E-state index contributed by atoms with van der Waals surface area (Å²) in [6.07, 6.45) is -0.235. The predicted molar refractivity (Wildman–Crippen MR) is 101 cm³/mol. The van der Waals surface area contributed by atoms with E-state index < -0.39 is 11.8 Å². The van der Waals surface area contributed by atoms with Gasteiger partial charge in [-0.15, -0.1) is 0 Å². The normalized spacial score (nSPS) is 14.3. The molecule has 0 spiro atoms. The maximum atomic E-state index is 12.7. The maximum Gasteiger partial charge on any atom is 0.340 e. The molecule has 2 aromatic rings. The van der Waals surface area contributed by atoms with Crippen molar-refractivity contribution < 1.29 is 23.8 Å². The summed E-state index contributed by atoms with van der Waals surface area (Å²) in [6, 6.07) is 5.19. The number of carbonyl (C=O) groups excluding carboxylic acids is 2. The number of H-pyrrole nitrogens is 1. The lowest BCUT2D eigenvalue weighted by molar-refractivity contribution is -0.0431.